The number of aromatic nitrogens is 2. The number of amides is 1. The van der Waals surface area contributed by atoms with E-state index < -0.39 is 0 Å². The molecule has 7 nitrogen and oxygen atoms in total. The van der Waals surface area contributed by atoms with Crippen LogP contribution < -0.4 is 15.9 Å². The number of hydrogen-bond acceptors (Lipinski definition) is 9. The molecule has 0 aromatic carbocycles. The average molecular weight is 290 g/mol. The van der Waals surface area contributed by atoms with Gasteiger partial charge in [-0.1, -0.05) is 23.1 Å². The molecule has 1 aromatic heterocycles. The minimum absolute atomic E-state index is 0.0699. The molecule has 1 aliphatic rings. The first-order chi connectivity index (χ1) is 8.15. The van der Waals surface area contributed by atoms with Crippen molar-refractivity contribution in [1.82, 2.24) is 20.3 Å². The lowest BCUT2D eigenvalue weighted by atomic mass is 10.4. The van der Waals surface area contributed by atoms with Gasteiger partial charge in [0.05, 0.1) is 11.5 Å². The smallest absolute Gasteiger partial charge is 0.231 e. The van der Waals surface area contributed by atoms with E-state index >= 15 is 0 Å². The summed E-state index contributed by atoms with van der Waals surface area (Å²) >= 11 is 3.95. The van der Waals surface area contributed by atoms with E-state index in [1.807, 2.05) is 6.92 Å². The molecule has 0 spiro atoms. The predicted molar refractivity (Wildman–Crippen MR) is 70.8 cm³/mol. The molecule has 1 aromatic rings. The molecule has 2 rings (SSSR count). The van der Waals surface area contributed by atoms with Gasteiger partial charge in [-0.25, -0.2) is 4.83 Å². The zero-order valence-corrected chi connectivity index (χ0v) is 11.3. The molecule has 1 aliphatic heterocycles. The minimum atomic E-state index is -0.0948. The third kappa shape index (κ3) is 3.48. The summed E-state index contributed by atoms with van der Waals surface area (Å²) < 4.78 is 0.695. The Kier molecular flexibility index (Phi) is 4.07. The highest BCUT2D eigenvalue weighted by atomic mass is 32.2. The van der Waals surface area contributed by atoms with Gasteiger partial charge in [-0.05, 0) is 18.9 Å². The van der Waals surface area contributed by atoms with E-state index in [9.17, 15) is 4.79 Å². The second-order valence-corrected chi connectivity index (χ2v) is 6.23. The largest absolute Gasteiger partial charge is 0.374 e. The number of rotatable bonds is 4. The van der Waals surface area contributed by atoms with Crippen molar-refractivity contribution in [2.24, 2.45) is 5.10 Å². The molecule has 10 heteroatoms. The first kappa shape index (κ1) is 12.5. The molecular formula is C7H10N6OS3. The van der Waals surface area contributed by atoms with Crippen LogP contribution in [0.2, 0.25) is 0 Å². The third-order valence-electron chi connectivity index (χ3n) is 1.81. The molecule has 0 bridgehead atoms. The van der Waals surface area contributed by atoms with E-state index in [1.165, 1.54) is 35.0 Å². The Labute approximate surface area is 110 Å². The molecule has 0 aliphatic carbocycles. The summed E-state index contributed by atoms with van der Waals surface area (Å²) in [4.78, 5) is 14.4. The Morgan fingerprint density at radius 3 is 3.06 bits per heavy atom. The summed E-state index contributed by atoms with van der Waals surface area (Å²) in [5, 5.41) is 14.6. The van der Waals surface area contributed by atoms with Crippen LogP contribution in [0.3, 0.4) is 0 Å². The van der Waals surface area contributed by atoms with Crippen LogP contribution in [0.1, 0.15) is 6.92 Å². The number of nitrogen functional groups attached to an aromatic ring is 1. The first-order valence-corrected chi connectivity index (χ1v) is 7.29. The number of carbonyl (C=O) groups excluding carboxylic acids is 1. The van der Waals surface area contributed by atoms with E-state index in [0.29, 0.717) is 15.2 Å². The van der Waals surface area contributed by atoms with Crippen molar-refractivity contribution in [2.45, 2.75) is 16.6 Å². The Bertz CT molecular complexity index is 447. The monoisotopic (exact) mass is 290 g/mol. The molecule has 0 fully saturated rings. The maximum absolute atomic E-state index is 11.6. The fourth-order valence-corrected chi connectivity index (χ4v) is 3.19. The molecule has 0 saturated heterocycles. The zero-order valence-electron chi connectivity index (χ0n) is 8.84. The summed E-state index contributed by atoms with van der Waals surface area (Å²) in [6.07, 6.45) is 0. The van der Waals surface area contributed by atoms with E-state index in [4.69, 9.17) is 5.73 Å². The van der Waals surface area contributed by atoms with E-state index in [2.05, 4.69) is 25.4 Å². The molecule has 0 radical (unpaired) electrons. The highest BCUT2D eigenvalue weighted by Gasteiger charge is 2.20. The third-order valence-corrected chi connectivity index (χ3v) is 4.59. The zero-order chi connectivity index (χ0) is 12.3. The van der Waals surface area contributed by atoms with Gasteiger partial charge in [-0.15, -0.1) is 10.2 Å². The van der Waals surface area contributed by atoms with Crippen LogP contribution >= 0.6 is 35.0 Å². The summed E-state index contributed by atoms with van der Waals surface area (Å²) in [5.74, 6) is 0.221. The van der Waals surface area contributed by atoms with Gasteiger partial charge in [0, 0.05) is 0 Å². The van der Waals surface area contributed by atoms with Crippen LogP contribution in [-0.4, -0.2) is 32.9 Å². The number of hydrazone groups is 1. The van der Waals surface area contributed by atoms with Crippen molar-refractivity contribution in [1.29, 1.82) is 0 Å². The number of nitrogens with two attached hydrogens (primary N) is 1. The van der Waals surface area contributed by atoms with Crippen molar-refractivity contribution in [3.8, 4) is 0 Å². The second kappa shape index (κ2) is 5.56. The van der Waals surface area contributed by atoms with Crippen molar-refractivity contribution in [2.75, 3.05) is 11.5 Å². The van der Waals surface area contributed by atoms with Crippen molar-refractivity contribution >= 4 is 51.8 Å². The molecular weight excluding hydrogens is 280 g/mol. The van der Waals surface area contributed by atoms with Gasteiger partial charge >= 0.3 is 0 Å². The van der Waals surface area contributed by atoms with Crippen LogP contribution in [0, 0.1) is 0 Å². The van der Waals surface area contributed by atoms with Crippen LogP contribution in [0.4, 0.5) is 5.13 Å². The minimum Gasteiger partial charge on any atom is -0.374 e. The van der Waals surface area contributed by atoms with Gasteiger partial charge in [0.25, 0.3) is 0 Å². The quantitative estimate of drug-likeness (QED) is 0.540. The standard InChI is InChI=1S/C7H10N6OS3/c1-3-5(17-13-10-3)9-4(14)2-15-7-12-11-6(8)16-7/h5,13H,2H2,1H3,(H2,8,11)(H,9,14). The summed E-state index contributed by atoms with van der Waals surface area (Å²) in [6.45, 7) is 1.86. The number of anilines is 1. The van der Waals surface area contributed by atoms with Crippen molar-refractivity contribution in [3.63, 3.8) is 0 Å². The molecule has 1 unspecified atom stereocenters. The maximum Gasteiger partial charge on any atom is 0.231 e. The van der Waals surface area contributed by atoms with Gasteiger partial charge in [0.2, 0.25) is 11.0 Å². The van der Waals surface area contributed by atoms with Gasteiger partial charge in [-0.3, -0.25) is 4.79 Å². The normalized spacial score (nSPS) is 18.6. The topological polar surface area (TPSA) is 105 Å². The van der Waals surface area contributed by atoms with E-state index in [1.54, 1.807) is 0 Å². The molecule has 92 valence electrons. The molecule has 0 saturated carbocycles. The molecule has 1 amide bonds. The SMILES string of the molecule is CC1=NNSC1NC(=O)CSc1nnc(N)s1. The lowest BCUT2D eigenvalue weighted by Crippen LogP contribution is -2.36. The van der Waals surface area contributed by atoms with Crippen molar-refractivity contribution < 1.29 is 4.79 Å². The van der Waals surface area contributed by atoms with E-state index in [0.717, 1.165) is 5.71 Å². The average Bonchev–Trinajstić information content (AvgIpc) is 2.86. The van der Waals surface area contributed by atoms with Gasteiger partial charge in [0.1, 0.15) is 5.37 Å². The Morgan fingerprint density at radius 1 is 1.65 bits per heavy atom. The number of thioether (sulfide) groups is 1. The molecule has 2 heterocycles. The number of hydrogen-bond donors (Lipinski definition) is 3. The second-order valence-electron chi connectivity index (χ2n) is 3.10. The maximum atomic E-state index is 11.6. The van der Waals surface area contributed by atoms with Crippen LogP contribution in [0.25, 0.3) is 0 Å². The molecule has 1 atom stereocenters. The van der Waals surface area contributed by atoms with E-state index in [-0.39, 0.29) is 11.3 Å². The predicted octanol–water partition coefficient (Wildman–Crippen LogP) is 0.282. The van der Waals surface area contributed by atoms with Crippen LogP contribution in [0.5, 0.6) is 0 Å². The summed E-state index contributed by atoms with van der Waals surface area (Å²) in [5.41, 5.74) is 6.29. The number of nitrogens with zero attached hydrogens (tertiary/aromatic N) is 3. The summed E-state index contributed by atoms with van der Waals surface area (Å²) in [7, 11) is 0. The van der Waals surface area contributed by atoms with Gasteiger partial charge < -0.3 is 11.1 Å². The van der Waals surface area contributed by atoms with Gasteiger partial charge in [-0.2, -0.15) is 5.10 Å². The Hall–Kier alpha value is -1.00. The van der Waals surface area contributed by atoms with Crippen LogP contribution in [-0.2, 0) is 4.79 Å². The van der Waals surface area contributed by atoms with Crippen LogP contribution in [0.15, 0.2) is 9.44 Å². The lowest BCUT2D eigenvalue weighted by molar-refractivity contribution is -0.118. The Morgan fingerprint density at radius 2 is 2.47 bits per heavy atom. The first-order valence-electron chi connectivity index (χ1n) is 4.61. The van der Waals surface area contributed by atoms with Gasteiger partial charge in [0.15, 0.2) is 4.34 Å². The lowest BCUT2D eigenvalue weighted by Gasteiger charge is -2.09. The highest BCUT2D eigenvalue weighted by molar-refractivity contribution is 8.01. The van der Waals surface area contributed by atoms with Crippen molar-refractivity contribution in [3.05, 3.63) is 0 Å². The fourth-order valence-electron chi connectivity index (χ4n) is 1.02. The summed E-state index contributed by atoms with van der Waals surface area (Å²) in [6, 6.07) is 0. The molecule has 17 heavy (non-hydrogen) atoms. The molecule has 4 N–H and O–H groups in total. The fraction of sp³-hybridized carbons (Fsp3) is 0.429. The highest BCUT2D eigenvalue weighted by Crippen LogP contribution is 2.23. The number of carbonyl (C=O) groups is 1. The number of nitrogens with one attached hydrogen (secondary N) is 2. The Balaban J connectivity index is 1.76.